The second kappa shape index (κ2) is 5.66. The van der Waals surface area contributed by atoms with E-state index in [2.05, 4.69) is 27.3 Å². The maximum atomic E-state index is 11.8. The average Bonchev–Trinajstić information content (AvgIpc) is 2.29. The van der Waals surface area contributed by atoms with E-state index in [9.17, 15) is 4.79 Å². The summed E-state index contributed by atoms with van der Waals surface area (Å²) in [6.45, 7) is 4.03. The number of nitriles is 1. The van der Waals surface area contributed by atoms with Crippen molar-refractivity contribution in [3.05, 3.63) is 33.8 Å². The van der Waals surface area contributed by atoms with Gasteiger partial charge in [0.1, 0.15) is 0 Å². The third-order valence-electron chi connectivity index (χ3n) is 2.30. The van der Waals surface area contributed by atoms with Crippen molar-refractivity contribution in [1.82, 2.24) is 5.32 Å². The van der Waals surface area contributed by atoms with Crippen molar-refractivity contribution in [2.24, 2.45) is 5.92 Å². The number of carbonyl (C=O) groups excluding carboxylic acids is 1. The molecule has 1 N–H and O–H groups in total. The molecule has 0 aromatic heterocycles. The molecular weight excluding hydrogens is 268 g/mol. The first-order valence-corrected chi connectivity index (χ1v) is 5.78. The molecule has 0 aliphatic rings. The van der Waals surface area contributed by atoms with E-state index in [1.807, 2.05) is 19.1 Å². The Morgan fingerprint density at radius 2 is 2.31 bits per heavy atom. The van der Waals surface area contributed by atoms with Gasteiger partial charge < -0.3 is 5.32 Å². The molecule has 0 heterocycles. The molecule has 1 aromatic carbocycles. The molecule has 1 unspecified atom stereocenters. The minimum atomic E-state index is -0.170. The van der Waals surface area contributed by atoms with E-state index in [4.69, 9.17) is 5.26 Å². The lowest BCUT2D eigenvalue weighted by Gasteiger charge is -2.09. The second-order valence-corrected chi connectivity index (χ2v) is 4.51. The third kappa shape index (κ3) is 3.07. The van der Waals surface area contributed by atoms with Gasteiger partial charge in [-0.15, -0.1) is 0 Å². The van der Waals surface area contributed by atoms with Crippen LogP contribution in [0.15, 0.2) is 22.7 Å². The Balaban J connectivity index is 2.75. The zero-order chi connectivity index (χ0) is 12.1. The van der Waals surface area contributed by atoms with Crippen molar-refractivity contribution in [3.8, 4) is 6.07 Å². The number of nitrogens with zero attached hydrogens (tertiary/aromatic N) is 1. The van der Waals surface area contributed by atoms with Crippen molar-refractivity contribution in [2.45, 2.75) is 13.8 Å². The summed E-state index contributed by atoms with van der Waals surface area (Å²) in [5, 5.41) is 11.3. The molecule has 1 rings (SSSR count). The number of benzene rings is 1. The number of rotatable bonds is 3. The molecule has 0 bridgehead atoms. The van der Waals surface area contributed by atoms with Gasteiger partial charge in [-0.25, -0.2) is 0 Å². The number of halogens is 1. The molecule has 1 atom stereocenters. The fourth-order valence-electron chi connectivity index (χ4n) is 1.24. The van der Waals surface area contributed by atoms with Crippen LogP contribution in [0.25, 0.3) is 0 Å². The third-order valence-corrected chi connectivity index (χ3v) is 3.16. The molecule has 1 aromatic rings. The van der Waals surface area contributed by atoms with Gasteiger partial charge in [-0.1, -0.05) is 22.0 Å². The Hall–Kier alpha value is -1.34. The molecule has 0 spiro atoms. The Morgan fingerprint density at radius 3 is 2.94 bits per heavy atom. The summed E-state index contributed by atoms with van der Waals surface area (Å²) >= 11 is 3.38. The standard InChI is InChI=1S/C12H13BrN2O/c1-8(6-14)7-15-12(16)10-4-3-5-11(13)9(10)2/h3-5,8H,7H2,1-2H3,(H,15,16). The average molecular weight is 281 g/mol. The van der Waals surface area contributed by atoms with E-state index in [0.717, 1.165) is 10.0 Å². The highest BCUT2D eigenvalue weighted by Crippen LogP contribution is 2.19. The first kappa shape index (κ1) is 12.7. The van der Waals surface area contributed by atoms with Crippen LogP contribution in [0.3, 0.4) is 0 Å². The molecule has 3 nitrogen and oxygen atoms in total. The molecule has 0 radical (unpaired) electrons. The zero-order valence-corrected chi connectivity index (χ0v) is 10.8. The van der Waals surface area contributed by atoms with Gasteiger partial charge in [0.05, 0.1) is 12.0 Å². The van der Waals surface area contributed by atoms with Gasteiger partial charge in [0.25, 0.3) is 5.91 Å². The Kier molecular flexibility index (Phi) is 4.51. The summed E-state index contributed by atoms with van der Waals surface area (Å²) in [4.78, 5) is 11.8. The van der Waals surface area contributed by atoms with Crippen LogP contribution in [0.5, 0.6) is 0 Å². The van der Waals surface area contributed by atoms with Gasteiger partial charge in [-0.2, -0.15) is 5.26 Å². The minimum absolute atomic E-state index is 0.138. The summed E-state index contributed by atoms with van der Waals surface area (Å²) in [7, 11) is 0. The molecular formula is C12H13BrN2O. The first-order chi connectivity index (χ1) is 7.56. The number of hydrogen-bond acceptors (Lipinski definition) is 2. The van der Waals surface area contributed by atoms with Gasteiger partial charge in [-0.05, 0) is 31.5 Å². The van der Waals surface area contributed by atoms with E-state index in [1.54, 1.807) is 13.0 Å². The van der Waals surface area contributed by atoms with E-state index in [0.29, 0.717) is 12.1 Å². The van der Waals surface area contributed by atoms with Crippen LogP contribution >= 0.6 is 15.9 Å². The smallest absolute Gasteiger partial charge is 0.251 e. The van der Waals surface area contributed by atoms with Gasteiger partial charge in [0.15, 0.2) is 0 Å². The summed E-state index contributed by atoms with van der Waals surface area (Å²) < 4.78 is 0.911. The van der Waals surface area contributed by atoms with Crippen molar-refractivity contribution in [1.29, 1.82) is 5.26 Å². The maximum absolute atomic E-state index is 11.8. The van der Waals surface area contributed by atoms with Crippen LogP contribution in [-0.2, 0) is 0 Å². The van der Waals surface area contributed by atoms with Crippen LogP contribution in [-0.4, -0.2) is 12.5 Å². The van der Waals surface area contributed by atoms with Crippen LogP contribution in [0.1, 0.15) is 22.8 Å². The number of carbonyl (C=O) groups is 1. The Labute approximate surface area is 104 Å². The highest BCUT2D eigenvalue weighted by Gasteiger charge is 2.11. The van der Waals surface area contributed by atoms with Crippen LogP contribution in [0.2, 0.25) is 0 Å². The number of hydrogen-bond donors (Lipinski definition) is 1. The molecule has 1 amide bonds. The van der Waals surface area contributed by atoms with Crippen LogP contribution < -0.4 is 5.32 Å². The quantitative estimate of drug-likeness (QED) is 0.926. The molecule has 84 valence electrons. The van der Waals surface area contributed by atoms with Crippen molar-refractivity contribution in [2.75, 3.05) is 6.54 Å². The van der Waals surface area contributed by atoms with Crippen molar-refractivity contribution < 1.29 is 4.79 Å². The highest BCUT2D eigenvalue weighted by atomic mass is 79.9. The molecule has 16 heavy (non-hydrogen) atoms. The lowest BCUT2D eigenvalue weighted by atomic mass is 10.1. The molecule has 0 fully saturated rings. The fraction of sp³-hybridized carbons (Fsp3) is 0.333. The zero-order valence-electron chi connectivity index (χ0n) is 9.25. The van der Waals surface area contributed by atoms with Gasteiger partial charge >= 0.3 is 0 Å². The summed E-state index contributed by atoms with van der Waals surface area (Å²) in [6.07, 6.45) is 0. The Bertz CT molecular complexity index is 437. The van der Waals surface area contributed by atoms with Gasteiger partial charge in [0.2, 0.25) is 0 Å². The van der Waals surface area contributed by atoms with E-state index in [-0.39, 0.29) is 11.8 Å². The lowest BCUT2D eigenvalue weighted by Crippen LogP contribution is -2.28. The monoisotopic (exact) mass is 280 g/mol. The molecule has 0 aliphatic heterocycles. The number of nitrogens with one attached hydrogen (secondary N) is 1. The summed E-state index contributed by atoms with van der Waals surface area (Å²) in [5.41, 5.74) is 1.55. The molecule has 4 heteroatoms. The Morgan fingerprint density at radius 1 is 1.62 bits per heavy atom. The largest absolute Gasteiger partial charge is 0.351 e. The fourth-order valence-corrected chi connectivity index (χ4v) is 1.61. The van der Waals surface area contributed by atoms with Crippen molar-refractivity contribution >= 4 is 21.8 Å². The predicted molar refractivity (Wildman–Crippen MR) is 66.0 cm³/mol. The SMILES string of the molecule is Cc1c(Br)cccc1C(=O)NCC(C)C#N. The first-order valence-electron chi connectivity index (χ1n) is 4.99. The van der Waals surface area contributed by atoms with Crippen LogP contribution in [0.4, 0.5) is 0 Å². The summed E-state index contributed by atoms with van der Waals surface area (Å²) in [5.74, 6) is -0.308. The van der Waals surface area contributed by atoms with E-state index in [1.165, 1.54) is 0 Å². The van der Waals surface area contributed by atoms with Crippen molar-refractivity contribution in [3.63, 3.8) is 0 Å². The topological polar surface area (TPSA) is 52.9 Å². The number of amides is 1. The lowest BCUT2D eigenvalue weighted by molar-refractivity contribution is 0.0950. The van der Waals surface area contributed by atoms with E-state index < -0.39 is 0 Å². The van der Waals surface area contributed by atoms with Gasteiger partial charge in [0, 0.05) is 16.6 Å². The minimum Gasteiger partial charge on any atom is -0.351 e. The van der Waals surface area contributed by atoms with Gasteiger partial charge in [-0.3, -0.25) is 4.79 Å². The summed E-state index contributed by atoms with van der Waals surface area (Å²) in [6, 6.07) is 7.56. The maximum Gasteiger partial charge on any atom is 0.251 e. The molecule has 0 aliphatic carbocycles. The van der Waals surface area contributed by atoms with E-state index >= 15 is 0 Å². The molecule has 0 saturated carbocycles. The second-order valence-electron chi connectivity index (χ2n) is 3.65. The molecule has 0 saturated heterocycles. The van der Waals surface area contributed by atoms with Crippen LogP contribution in [0, 0.1) is 24.2 Å². The highest BCUT2D eigenvalue weighted by molar-refractivity contribution is 9.10. The predicted octanol–water partition coefficient (Wildman–Crippen LogP) is 2.65. The normalized spacial score (nSPS) is 11.6.